The van der Waals surface area contributed by atoms with Gasteiger partial charge in [-0.05, 0) is 47.8 Å². The van der Waals surface area contributed by atoms with Gasteiger partial charge in [-0.2, -0.15) is 0 Å². The zero-order valence-corrected chi connectivity index (χ0v) is 12.2. The molecule has 1 unspecified atom stereocenters. The molecule has 0 saturated carbocycles. The van der Waals surface area contributed by atoms with Crippen LogP contribution in [0.3, 0.4) is 0 Å². The van der Waals surface area contributed by atoms with Crippen LogP contribution in [-0.2, 0) is 6.42 Å². The maximum absolute atomic E-state index is 10.2. The van der Waals surface area contributed by atoms with Crippen molar-refractivity contribution in [1.82, 2.24) is 5.32 Å². The number of rotatable bonds is 4. The summed E-state index contributed by atoms with van der Waals surface area (Å²) in [6.07, 6.45) is 3.13. The Morgan fingerprint density at radius 1 is 1.44 bits per heavy atom. The van der Waals surface area contributed by atoms with Crippen LogP contribution in [0, 0.1) is 0 Å². The molecule has 100 valence electrons. The first-order valence-corrected chi connectivity index (χ1v) is 6.82. The molecule has 1 fully saturated rings. The quantitative estimate of drug-likeness (QED) is 0.896. The Morgan fingerprint density at radius 3 is 2.78 bits per heavy atom. The lowest BCUT2D eigenvalue weighted by Crippen LogP contribution is -2.23. The van der Waals surface area contributed by atoms with Crippen LogP contribution < -0.4 is 14.8 Å². The Labute approximate surface area is 115 Å². The third-order valence-electron chi connectivity index (χ3n) is 3.29. The van der Waals surface area contributed by atoms with E-state index in [0.717, 1.165) is 24.9 Å². The first-order valence-electron chi connectivity index (χ1n) is 6.03. The molecule has 1 aromatic rings. The van der Waals surface area contributed by atoms with Crippen LogP contribution in [0.4, 0.5) is 0 Å². The number of hydrogen-bond donors (Lipinski definition) is 2. The van der Waals surface area contributed by atoms with Crippen molar-refractivity contribution in [2.24, 2.45) is 0 Å². The Morgan fingerprint density at radius 2 is 2.22 bits per heavy atom. The molecule has 1 saturated heterocycles. The second-order valence-corrected chi connectivity index (χ2v) is 5.22. The number of phenolic OH excluding ortho intramolecular Hbond substituents is 1. The highest BCUT2D eigenvalue weighted by atomic mass is 79.9. The third-order valence-corrected chi connectivity index (χ3v) is 4.03. The monoisotopic (exact) mass is 315 g/mol. The van der Waals surface area contributed by atoms with Crippen molar-refractivity contribution in [2.75, 3.05) is 20.8 Å². The summed E-state index contributed by atoms with van der Waals surface area (Å²) >= 11 is 3.36. The number of aromatic hydroxyl groups is 1. The zero-order chi connectivity index (χ0) is 13.1. The summed E-state index contributed by atoms with van der Waals surface area (Å²) in [6.45, 7) is 1.06. The van der Waals surface area contributed by atoms with Crippen molar-refractivity contribution in [3.8, 4) is 17.2 Å². The molecule has 1 aromatic carbocycles. The molecule has 2 N–H and O–H groups in total. The van der Waals surface area contributed by atoms with Crippen LogP contribution in [-0.4, -0.2) is 31.9 Å². The molecule has 0 radical (unpaired) electrons. The minimum absolute atomic E-state index is 0.237. The minimum Gasteiger partial charge on any atom is -0.506 e. The van der Waals surface area contributed by atoms with Crippen molar-refractivity contribution in [3.05, 3.63) is 16.1 Å². The Balaban J connectivity index is 2.32. The molecular weight excluding hydrogens is 298 g/mol. The lowest BCUT2D eigenvalue weighted by molar-refractivity contribution is 0.347. The number of ether oxygens (including phenoxy) is 2. The Hall–Kier alpha value is -0.940. The molecule has 1 aliphatic heterocycles. The fourth-order valence-corrected chi connectivity index (χ4v) is 2.95. The van der Waals surface area contributed by atoms with Gasteiger partial charge in [0.05, 0.1) is 14.2 Å². The highest BCUT2D eigenvalue weighted by Crippen LogP contribution is 2.44. The maximum Gasteiger partial charge on any atom is 0.178 e. The predicted molar refractivity (Wildman–Crippen MR) is 73.6 cm³/mol. The van der Waals surface area contributed by atoms with Crippen LogP contribution in [0.25, 0.3) is 0 Å². The SMILES string of the molecule is COc1cc(CC2CCCN2)c(O)c(Br)c1OC. The summed E-state index contributed by atoms with van der Waals surface area (Å²) in [5.41, 5.74) is 0.874. The molecular formula is C13H18BrNO3. The predicted octanol–water partition coefficient (Wildman–Crippen LogP) is 2.47. The first-order chi connectivity index (χ1) is 8.67. The van der Waals surface area contributed by atoms with Crippen LogP contribution in [0.2, 0.25) is 0 Å². The van der Waals surface area contributed by atoms with Gasteiger partial charge in [-0.3, -0.25) is 0 Å². The average molecular weight is 316 g/mol. The molecule has 5 heteroatoms. The summed E-state index contributed by atoms with van der Waals surface area (Å²) in [5, 5.41) is 13.6. The van der Waals surface area contributed by atoms with Gasteiger partial charge in [0.2, 0.25) is 0 Å². The highest BCUT2D eigenvalue weighted by Gasteiger charge is 2.21. The molecule has 1 heterocycles. The van der Waals surface area contributed by atoms with Gasteiger partial charge in [-0.15, -0.1) is 0 Å². The lowest BCUT2D eigenvalue weighted by Gasteiger charge is -2.16. The normalized spacial score (nSPS) is 18.9. The second-order valence-electron chi connectivity index (χ2n) is 4.43. The zero-order valence-electron chi connectivity index (χ0n) is 10.6. The van der Waals surface area contributed by atoms with Crippen molar-refractivity contribution >= 4 is 15.9 Å². The van der Waals surface area contributed by atoms with Gasteiger partial charge >= 0.3 is 0 Å². The van der Waals surface area contributed by atoms with Gasteiger partial charge < -0.3 is 19.9 Å². The van der Waals surface area contributed by atoms with Gasteiger partial charge in [-0.1, -0.05) is 0 Å². The fourth-order valence-electron chi connectivity index (χ4n) is 2.34. The Kier molecular flexibility index (Phi) is 4.35. The fraction of sp³-hybridized carbons (Fsp3) is 0.538. The average Bonchev–Trinajstić information content (AvgIpc) is 2.87. The third kappa shape index (κ3) is 2.57. The number of nitrogens with one attached hydrogen (secondary N) is 1. The van der Waals surface area contributed by atoms with E-state index >= 15 is 0 Å². The molecule has 1 aliphatic rings. The topological polar surface area (TPSA) is 50.7 Å². The Bertz CT molecular complexity index is 431. The molecule has 1 atom stereocenters. The van der Waals surface area contributed by atoms with Crippen LogP contribution >= 0.6 is 15.9 Å². The van der Waals surface area contributed by atoms with Crippen molar-refractivity contribution < 1.29 is 14.6 Å². The standard InChI is InChI=1S/C13H18BrNO3/c1-17-10-7-8(6-9-4-3-5-15-9)12(16)11(14)13(10)18-2/h7,9,15-16H,3-6H2,1-2H3. The smallest absolute Gasteiger partial charge is 0.178 e. The number of hydrogen-bond acceptors (Lipinski definition) is 4. The summed E-state index contributed by atoms with van der Waals surface area (Å²) in [7, 11) is 3.15. The van der Waals surface area contributed by atoms with Crippen molar-refractivity contribution in [1.29, 1.82) is 0 Å². The summed E-state index contributed by atoms with van der Waals surface area (Å²) in [4.78, 5) is 0. The highest BCUT2D eigenvalue weighted by molar-refractivity contribution is 9.10. The minimum atomic E-state index is 0.237. The summed E-state index contributed by atoms with van der Waals surface area (Å²) < 4.78 is 11.1. The van der Waals surface area contributed by atoms with Crippen molar-refractivity contribution in [3.63, 3.8) is 0 Å². The first kappa shape index (κ1) is 13.5. The van der Waals surface area contributed by atoms with Gasteiger partial charge in [0.15, 0.2) is 11.5 Å². The molecule has 0 aliphatic carbocycles. The molecule has 18 heavy (non-hydrogen) atoms. The van der Waals surface area contributed by atoms with E-state index < -0.39 is 0 Å². The van der Waals surface area contributed by atoms with Gasteiger partial charge in [0.1, 0.15) is 10.2 Å². The van der Waals surface area contributed by atoms with E-state index in [0.29, 0.717) is 22.0 Å². The molecule has 0 aromatic heterocycles. The molecule has 0 bridgehead atoms. The van der Waals surface area contributed by atoms with Crippen LogP contribution in [0.1, 0.15) is 18.4 Å². The van der Waals surface area contributed by atoms with E-state index in [1.54, 1.807) is 14.2 Å². The van der Waals surface area contributed by atoms with Gasteiger partial charge in [0, 0.05) is 11.6 Å². The second kappa shape index (κ2) is 5.80. The lowest BCUT2D eigenvalue weighted by atomic mass is 10.0. The molecule has 2 rings (SSSR count). The van der Waals surface area contributed by atoms with E-state index in [-0.39, 0.29) is 5.75 Å². The van der Waals surface area contributed by atoms with Gasteiger partial charge in [-0.25, -0.2) is 0 Å². The summed E-state index contributed by atoms with van der Waals surface area (Å²) in [5.74, 6) is 1.40. The van der Waals surface area contributed by atoms with Crippen molar-refractivity contribution in [2.45, 2.75) is 25.3 Å². The number of benzene rings is 1. The maximum atomic E-state index is 10.2. The molecule has 4 nitrogen and oxygen atoms in total. The molecule has 0 spiro atoms. The van der Waals surface area contributed by atoms with Crippen LogP contribution in [0.15, 0.2) is 10.5 Å². The number of phenols is 1. The van der Waals surface area contributed by atoms with E-state index in [1.165, 1.54) is 6.42 Å². The number of methoxy groups -OCH3 is 2. The largest absolute Gasteiger partial charge is 0.506 e. The van der Waals surface area contributed by atoms with E-state index in [9.17, 15) is 5.11 Å². The number of halogens is 1. The van der Waals surface area contributed by atoms with E-state index in [4.69, 9.17) is 9.47 Å². The summed E-state index contributed by atoms with van der Waals surface area (Å²) in [6, 6.07) is 2.28. The van der Waals surface area contributed by atoms with Crippen LogP contribution in [0.5, 0.6) is 17.2 Å². The molecule has 0 amide bonds. The van der Waals surface area contributed by atoms with Gasteiger partial charge in [0.25, 0.3) is 0 Å². The van der Waals surface area contributed by atoms with E-state index in [2.05, 4.69) is 21.2 Å². The van der Waals surface area contributed by atoms with E-state index in [1.807, 2.05) is 6.07 Å².